The first kappa shape index (κ1) is 23.3. The Morgan fingerprint density at radius 1 is 0.900 bits per heavy atom. The number of ether oxygens (including phenoxy) is 3. The van der Waals surface area contributed by atoms with E-state index in [0.29, 0.717) is 50.5 Å². The lowest BCUT2D eigenvalue weighted by Crippen LogP contribution is -2.28. The quantitative estimate of drug-likeness (QED) is 0.399. The summed E-state index contributed by atoms with van der Waals surface area (Å²) < 4.78 is 16.3. The van der Waals surface area contributed by atoms with Gasteiger partial charge in [-0.05, 0) is 44.4 Å². The molecule has 0 aromatic heterocycles. The van der Waals surface area contributed by atoms with Crippen LogP contribution in [0.2, 0.25) is 0 Å². The molecule has 0 unspecified atom stereocenters. The van der Waals surface area contributed by atoms with E-state index in [-0.39, 0.29) is 24.9 Å². The van der Waals surface area contributed by atoms with Crippen molar-refractivity contribution in [1.82, 2.24) is 5.32 Å². The molecule has 0 spiro atoms. The van der Waals surface area contributed by atoms with Crippen molar-refractivity contribution in [3.8, 4) is 11.5 Å². The van der Waals surface area contributed by atoms with E-state index < -0.39 is 0 Å². The lowest BCUT2D eigenvalue weighted by Gasteiger charge is -2.11. The van der Waals surface area contributed by atoms with Crippen molar-refractivity contribution in [2.45, 2.75) is 39.5 Å². The number of para-hydroxylation sites is 2. The van der Waals surface area contributed by atoms with Crippen LogP contribution in [0.5, 0.6) is 11.5 Å². The molecule has 0 aliphatic carbocycles. The maximum absolute atomic E-state index is 11.9. The van der Waals surface area contributed by atoms with Gasteiger partial charge in [0.05, 0.1) is 19.8 Å². The molecule has 6 heteroatoms. The van der Waals surface area contributed by atoms with Crippen LogP contribution in [-0.4, -0.2) is 38.2 Å². The van der Waals surface area contributed by atoms with Crippen LogP contribution in [0.25, 0.3) is 0 Å². The standard InChI is InChI=1S/C24H31NO5/c1-3-28-21-7-4-5-8-22(21)29-17-6-9-24(27)30-18-16-25-23(26)15-14-20-12-10-19(2)11-13-20/h4-5,7-8,10-13H,3,6,9,14-18H2,1-2H3,(H,25,26). The molecule has 1 N–H and O–H groups in total. The Hall–Kier alpha value is -3.02. The zero-order valence-electron chi connectivity index (χ0n) is 17.8. The number of hydrogen-bond acceptors (Lipinski definition) is 5. The summed E-state index contributed by atoms with van der Waals surface area (Å²) in [7, 11) is 0. The van der Waals surface area contributed by atoms with Crippen molar-refractivity contribution >= 4 is 11.9 Å². The van der Waals surface area contributed by atoms with E-state index in [1.807, 2.05) is 62.4 Å². The number of hydrogen-bond donors (Lipinski definition) is 1. The van der Waals surface area contributed by atoms with E-state index in [9.17, 15) is 9.59 Å². The number of benzene rings is 2. The van der Waals surface area contributed by atoms with Gasteiger partial charge >= 0.3 is 5.97 Å². The van der Waals surface area contributed by atoms with Crippen LogP contribution in [0.4, 0.5) is 0 Å². The number of nitrogens with one attached hydrogen (secondary N) is 1. The number of carbonyl (C=O) groups is 2. The number of amides is 1. The molecule has 0 fully saturated rings. The average Bonchev–Trinajstić information content (AvgIpc) is 2.75. The second kappa shape index (κ2) is 13.2. The topological polar surface area (TPSA) is 73.9 Å². The van der Waals surface area contributed by atoms with Gasteiger partial charge < -0.3 is 19.5 Å². The molecule has 0 aliphatic heterocycles. The first-order valence-corrected chi connectivity index (χ1v) is 10.4. The molecular formula is C24H31NO5. The largest absolute Gasteiger partial charge is 0.490 e. The van der Waals surface area contributed by atoms with Crippen LogP contribution in [-0.2, 0) is 20.7 Å². The number of esters is 1. The lowest BCUT2D eigenvalue weighted by atomic mass is 10.1. The minimum Gasteiger partial charge on any atom is -0.490 e. The van der Waals surface area contributed by atoms with Gasteiger partial charge in [-0.1, -0.05) is 42.0 Å². The monoisotopic (exact) mass is 413 g/mol. The van der Waals surface area contributed by atoms with E-state index in [0.717, 1.165) is 5.56 Å². The van der Waals surface area contributed by atoms with E-state index >= 15 is 0 Å². The molecule has 0 aliphatic rings. The summed E-state index contributed by atoms with van der Waals surface area (Å²) in [5, 5.41) is 2.77. The Morgan fingerprint density at radius 2 is 1.60 bits per heavy atom. The molecule has 2 rings (SSSR count). The van der Waals surface area contributed by atoms with Crippen LogP contribution >= 0.6 is 0 Å². The Morgan fingerprint density at radius 3 is 2.30 bits per heavy atom. The predicted octanol–water partition coefficient (Wildman–Crippen LogP) is 3.84. The zero-order valence-corrected chi connectivity index (χ0v) is 17.8. The molecule has 0 radical (unpaired) electrons. The van der Waals surface area contributed by atoms with Crippen molar-refractivity contribution in [3.05, 3.63) is 59.7 Å². The summed E-state index contributed by atoms with van der Waals surface area (Å²) in [5.41, 5.74) is 2.33. The third-order valence-corrected chi connectivity index (χ3v) is 4.38. The second-order valence-electron chi connectivity index (χ2n) is 6.89. The normalized spacial score (nSPS) is 10.3. The highest BCUT2D eigenvalue weighted by molar-refractivity contribution is 5.76. The molecule has 162 valence electrons. The fraction of sp³-hybridized carbons (Fsp3) is 0.417. The molecule has 2 aromatic carbocycles. The summed E-state index contributed by atoms with van der Waals surface area (Å²) in [6.07, 6.45) is 1.91. The molecule has 0 saturated heterocycles. The highest BCUT2D eigenvalue weighted by Crippen LogP contribution is 2.26. The number of rotatable bonds is 13. The molecular weight excluding hydrogens is 382 g/mol. The predicted molar refractivity (Wildman–Crippen MR) is 116 cm³/mol. The van der Waals surface area contributed by atoms with Crippen LogP contribution in [0.15, 0.2) is 48.5 Å². The summed E-state index contributed by atoms with van der Waals surface area (Å²) in [6.45, 7) is 5.40. The van der Waals surface area contributed by atoms with Gasteiger partial charge in [0.2, 0.25) is 5.91 Å². The van der Waals surface area contributed by atoms with E-state index in [2.05, 4.69) is 5.32 Å². The van der Waals surface area contributed by atoms with Gasteiger partial charge in [0, 0.05) is 12.8 Å². The fourth-order valence-electron chi connectivity index (χ4n) is 2.77. The van der Waals surface area contributed by atoms with Gasteiger partial charge in [-0.15, -0.1) is 0 Å². The maximum atomic E-state index is 11.9. The van der Waals surface area contributed by atoms with Crippen molar-refractivity contribution in [2.75, 3.05) is 26.4 Å². The molecule has 0 heterocycles. The molecule has 2 aromatic rings. The summed E-state index contributed by atoms with van der Waals surface area (Å²) in [4.78, 5) is 23.7. The van der Waals surface area contributed by atoms with Crippen LogP contribution < -0.4 is 14.8 Å². The zero-order chi connectivity index (χ0) is 21.6. The van der Waals surface area contributed by atoms with Crippen molar-refractivity contribution in [2.24, 2.45) is 0 Å². The molecule has 0 saturated carbocycles. The highest BCUT2D eigenvalue weighted by atomic mass is 16.5. The lowest BCUT2D eigenvalue weighted by molar-refractivity contribution is -0.144. The van der Waals surface area contributed by atoms with Gasteiger partial charge in [-0.2, -0.15) is 0 Å². The molecule has 0 bridgehead atoms. The third-order valence-electron chi connectivity index (χ3n) is 4.38. The summed E-state index contributed by atoms with van der Waals surface area (Å²) in [6, 6.07) is 15.6. The Labute approximate surface area is 178 Å². The van der Waals surface area contributed by atoms with Gasteiger partial charge in [-0.3, -0.25) is 9.59 Å². The highest BCUT2D eigenvalue weighted by Gasteiger charge is 2.07. The fourth-order valence-corrected chi connectivity index (χ4v) is 2.77. The SMILES string of the molecule is CCOc1ccccc1OCCCC(=O)OCCNC(=O)CCc1ccc(C)cc1. The van der Waals surface area contributed by atoms with Gasteiger partial charge in [-0.25, -0.2) is 0 Å². The van der Waals surface area contributed by atoms with Crippen molar-refractivity contribution < 1.29 is 23.8 Å². The Bertz CT molecular complexity index is 788. The molecule has 1 amide bonds. The number of carbonyl (C=O) groups excluding carboxylic acids is 2. The van der Waals surface area contributed by atoms with Crippen LogP contribution in [0.3, 0.4) is 0 Å². The van der Waals surface area contributed by atoms with Gasteiger partial charge in [0.25, 0.3) is 0 Å². The third kappa shape index (κ3) is 8.99. The van der Waals surface area contributed by atoms with Crippen LogP contribution in [0, 0.1) is 6.92 Å². The van der Waals surface area contributed by atoms with Crippen LogP contribution in [0.1, 0.15) is 37.3 Å². The Balaban J connectivity index is 1.52. The van der Waals surface area contributed by atoms with Crippen molar-refractivity contribution in [3.63, 3.8) is 0 Å². The first-order valence-electron chi connectivity index (χ1n) is 10.4. The maximum Gasteiger partial charge on any atom is 0.305 e. The summed E-state index contributed by atoms with van der Waals surface area (Å²) in [5.74, 6) is 1.01. The van der Waals surface area contributed by atoms with E-state index in [4.69, 9.17) is 14.2 Å². The minimum atomic E-state index is -0.300. The molecule has 6 nitrogen and oxygen atoms in total. The smallest absolute Gasteiger partial charge is 0.305 e. The minimum absolute atomic E-state index is 0.0482. The average molecular weight is 414 g/mol. The molecule has 0 atom stereocenters. The first-order chi connectivity index (χ1) is 14.6. The van der Waals surface area contributed by atoms with Crippen molar-refractivity contribution in [1.29, 1.82) is 0 Å². The second-order valence-corrected chi connectivity index (χ2v) is 6.89. The van der Waals surface area contributed by atoms with Gasteiger partial charge in [0.15, 0.2) is 11.5 Å². The Kier molecular flexibility index (Phi) is 10.3. The van der Waals surface area contributed by atoms with E-state index in [1.54, 1.807) is 0 Å². The molecule has 30 heavy (non-hydrogen) atoms. The summed E-state index contributed by atoms with van der Waals surface area (Å²) >= 11 is 0. The van der Waals surface area contributed by atoms with Gasteiger partial charge in [0.1, 0.15) is 6.61 Å². The number of aryl methyl sites for hydroxylation is 2. The van der Waals surface area contributed by atoms with E-state index in [1.165, 1.54) is 5.56 Å².